The lowest BCUT2D eigenvalue weighted by Gasteiger charge is -1.96. The Balaban J connectivity index is 3.20. The number of carbonyl (C=O) groups is 1. The Morgan fingerprint density at radius 3 is 3.45 bits per heavy atom. The van der Waals surface area contributed by atoms with Gasteiger partial charge >= 0.3 is 5.97 Å². The van der Waals surface area contributed by atoms with Crippen LogP contribution in [0.25, 0.3) is 0 Å². The van der Waals surface area contributed by atoms with E-state index in [1.807, 2.05) is 0 Å². The maximum atomic E-state index is 11.4. The van der Waals surface area contributed by atoms with Crippen LogP contribution in [0.5, 0.6) is 0 Å². The van der Waals surface area contributed by atoms with E-state index in [1.165, 1.54) is 0 Å². The first kappa shape index (κ1) is 3.23. The molecule has 1 aromatic rings. The van der Waals surface area contributed by atoms with Crippen LogP contribution in [0, 0.1) is 0 Å². The summed E-state index contributed by atoms with van der Waals surface area (Å²) in [5.41, 5.74) is -0.667. The van der Waals surface area contributed by atoms with E-state index in [-0.39, 0.29) is 4.47 Å². The van der Waals surface area contributed by atoms with Crippen LogP contribution < -0.4 is 0 Å². The highest BCUT2D eigenvalue weighted by molar-refractivity contribution is 9.10. The quantitative estimate of drug-likeness (QED) is 0.678. The van der Waals surface area contributed by atoms with Crippen molar-refractivity contribution in [1.29, 1.82) is 0 Å². The molecule has 0 radical (unpaired) electrons. The summed E-state index contributed by atoms with van der Waals surface area (Å²) < 4.78 is 46.3. The summed E-state index contributed by atoms with van der Waals surface area (Å²) in [6, 6.07) is -1.02. The summed E-state index contributed by atoms with van der Waals surface area (Å²) in [4.78, 5) is 14.8. The van der Waals surface area contributed by atoms with Crippen LogP contribution in [-0.2, 0) is 4.74 Å². The molecule has 0 aliphatic rings. The summed E-state index contributed by atoms with van der Waals surface area (Å²) in [6.07, 6.45) is -0.441. The summed E-state index contributed by atoms with van der Waals surface area (Å²) in [5, 5.41) is 0. The number of methoxy groups -OCH3 is 1. The van der Waals surface area contributed by atoms with E-state index in [0.29, 0.717) is 0 Å². The monoisotopic (exact) mass is 221 g/mol. The van der Waals surface area contributed by atoms with Gasteiger partial charge in [-0.2, -0.15) is 0 Å². The van der Waals surface area contributed by atoms with Gasteiger partial charge in [0.1, 0.15) is 5.69 Å². The average molecular weight is 222 g/mol. The molecule has 58 valence electrons. The summed E-state index contributed by atoms with van der Waals surface area (Å²) in [6.45, 7) is 0. The van der Waals surface area contributed by atoms with Crippen LogP contribution >= 0.6 is 15.9 Å². The largest absolute Gasteiger partial charge is 0.464 e. The third-order valence-corrected chi connectivity index (χ3v) is 1.22. The normalized spacial score (nSPS) is 18.3. The molecular formula is C7H6BrNO2. The Labute approximate surface area is 81.0 Å². The lowest BCUT2D eigenvalue weighted by molar-refractivity contribution is 0.0594. The highest BCUT2D eigenvalue weighted by Gasteiger charge is 2.04. The molecule has 0 saturated carbocycles. The zero-order valence-corrected chi connectivity index (χ0v) is 6.73. The highest BCUT2D eigenvalue weighted by atomic mass is 79.9. The summed E-state index contributed by atoms with van der Waals surface area (Å²) in [5.74, 6) is -1.36. The molecule has 0 aromatic carbocycles. The molecule has 0 amide bonds. The zero-order chi connectivity index (χ0) is 13.4. The van der Waals surface area contributed by atoms with Gasteiger partial charge in [0.15, 0.2) is 0 Å². The molecule has 11 heavy (non-hydrogen) atoms. The lowest BCUT2D eigenvalue weighted by Crippen LogP contribution is -2.02. The minimum Gasteiger partial charge on any atom is -0.464 e. The highest BCUT2D eigenvalue weighted by Crippen LogP contribution is 2.07. The molecule has 0 spiro atoms. The van der Waals surface area contributed by atoms with Crippen molar-refractivity contribution in [1.82, 2.24) is 4.98 Å². The van der Waals surface area contributed by atoms with E-state index in [9.17, 15) is 4.79 Å². The number of hydrogen-bond donors (Lipinski definition) is 0. The van der Waals surface area contributed by atoms with Crippen molar-refractivity contribution in [3.8, 4) is 0 Å². The second-order valence-corrected chi connectivity index (χ2v) is 2.32. The molecule has 0 atom stereocenters. The first-order valence-electron chi connectivity index (χ1n) is 5.50. The summed E-state index contributed by atoms with van der Waals surface area (Å²) in [7, 11) is -2.96. The minimum atomic E-state index is -2.96. The van der Waals surface area contributed by atoms with Crippen molar-refractivity contribution in [3.05, 3.63) is 28.4 Å². The first-order chi connectivity index (χ1) is 7.63. The SMILES string of the molecule is [2H]c1nc(C(=O)OC([2H])([2H])[2H])c([2H])c([2H])c1Br. The fourth-order valence-corrected chi connectivity index (χ4v) is 0.608. The Hall–Kier alpha value is -0.900. The number of aromatic nitrogens is 1. The molecule has 4 heteroatoms. The van der Waals surface area contributed by atoms with Gasteiger partial charge in [0.05, 0.1) is 15.3 Å². The molecule has 0 N–H and O–H groups in total. The molecular weight excluding hydrogens is 210 g/mol. The van der Waals surface area contributed by atoms with E-state index in [0.717, 1.165) is 0 Å². The maximum Gasteiger partial charge on any atom is 0.356 e. The van der Waals surface area contributed by atoms with Crippen LogP contribution in [0.2, 0.25) is 0 Å². The van der Waals surface area contributed by atoms with E-state index < -0.39 is 37.0 Å². The molecule has 0 saturated heterocycles. The van der Waals surface area contributed by atoms with Gasteiger partial charge in [-0.05, 0) is 28.0 Å². The van der Waals surface area contributed by atoms with Crippen LogP contribution in [0.4, 0.5) is 0 Å². The number of carbonyl (C=O) groups excluding carboxylic acids is 1. The van der Waals surface area contributed by atoms with Gasteiger partial charge in [0.2, 0.25) is 0 Å². The van der Waals surface area contributed by atoms with Crippen LogP contribution in [0.15, 0.2) is 22.7 Å². The van der Waals surface area contributed by atoms with Crippen molar-refractivity contribution in [2.45, 2.75) is 0 Å². The fraction of sp³-hybridized carbons (Fsp3) is 0.143. The molecule has 0 bridgehead atoms. The van der Waals surface area contributed by atoms with Crippen LogP contribution in [0.1, 0.15) is 18.7 Å². The molecule has 1 rings (SSSR count). The predicted octanol–water partition coefficient (Wildman–Crippen LogP) is 1.63. The molecule has 0 unspecified atom stereocenters. The Morgan fingerprint density at radius 1 is 1.91 bits per heavy atom. The van der Waals surface area contributed by atoms with Crippen molar-refractivity contribution in [2.75, 3.05) is 7.04 Å². The predicted molar refractivity (Wildman–Crippen MR) is 43.3 cm³/mol. The molecule has 0 aliphatic heterocycles. The number of esters is 1. The topological polar surface area (TPSA) is 39.2 Å². The van der Waals surface area contributed by atoms with Gasteiger partial charge in [-0.15, -0.1) is 0 Å². The number of ether oxygens (including phenoxy) is 1. The Morgan fingerprint density at radius 2 is 2.73 bits per heavy atom. The molecule has 0 aliphatic carbocycles. The molecule has 1 heterocycles. The second kappa shape index (κ2) is 3.48. The molecule has 3 nitrogen and oxygen atoms in total. The number of halogens is 1. The number of pyridine rings is 1. The van der Waals surface area contributed by atoms with Crippen LogP contribution in [-0.4, -0.2) is 18.0 Å². The maximum absolute atomic E-state index is 11.4. The van der Waals surface area contributed by atoms with E-state index in [1.54, 1.807) is 0 Å². The third-order valence-electron chi connectivity index (χ3n) is 0.843. The Bertz CT molecular complexity index is 474. The van der Waals surface area contributed by atoms with E-state index in [4.69, 9.17) is 8.22 Å². The van der Waals surface area contributed by atoms with Gasteiger partial charge < -0.3 is 4.74 Å². The van der Waals surface area contributed by atoms with Crippen molar-refractivity contribution >= 4 is 21.9 Å². The number of rotatable bonds is 1. The van der Waals surface area contributed by atoms with Crippen molar-refractivity contribution in [2.24, 2.45) is 0 Å². The van der Waals surface area contributed by atoms with Gasteiger partial charge in [0, 0.05) is 10.6 Å². The second-order valence-electron chi connectivity index (χ2n) is 1.53. The van der Waals surface area contributed by atoms with Gasteiger partial charge in [-0.3, -0.25) is 0 Å². The average Bonchev–Trinajstić information content (AvgIpc) is 2.17. The van der Waals surface area contributed by atoms with E-state index in [2.05, 4.69) is 25.7 Å². The van der Waals surface area contributed by atoms with Gasteiger partial charge in [-0.25, -0.2) is 9.78 Å². The smallest absolute Gasteiger partial charge is 0.356 e. The van der Waals surface area contributed by atoms with Crippen molar-refractivity contribution in [3.63, 3.8) is 0 Å². The molecule has 1 aromatic heterocycles. The first-order valence-corrected chi connectivity index (χ1v) is 3.29. The fourth-order valence-electron chi connectivity index (χ4n) is 0.420. The molecule has 0 fully saturated rings. The van der Waals surface area contributed by atoms with Crippen molar-refractivity contribution < 1.29 is 17.8 Å². The number of nitrogens with zero attached hydrogens (tertiary/aromatic N) is 1. The Kier molecular flexibility index (Phi) is 1.02. The summed E-state index contributed by atoms with van der Waals surface area (Å²) >= 11 is 2.85. The number of hydrogen-bond acceptors (Lipinski definition) is 3. The van der Waals surface area contributed by atoms with E-state index >= 15 is 0 Å². The van der Waals surface area contributed by atoms with Crippen LogP contribution in [0.3, 0.4) is 0 Å². The standard InChI is InChI=1S/C7H6BrNO2/c1-11-7(10)6-3-2-5(8)4-9-6/h2-4H,1H3/i1D3,2D,3D,4D. The minimum absolute atomic E-state index is 0.0482. The zero-order valence-electron chi connectivity index (χ0n) is 11.1. The lowest BCUT2D eigenvalue weighted by atomic mass is 10.4. The van der Waals surface area contributed by atoms with Gasteiger partial charge in [0.25, 0.3) is 0 Å². The third kappa shape index (κ3) is 2.01. The van der Waals surface area contributed by atoms with Gasteiger partial charge in [-0.1, -0.05) is 0 Å².